The number of thiol groups is 1. The highest BCUT2D eigenvalue weighted by Crippen LogP contribution is 2.08. The molecule has 5 amide bonds. The largest absolute Gasteiger partial charge is 0.480 e. The van der Waals surface area contributed by atoms with Crippen LogP contribution < -0.4 is 55.3 Å². The van der Waals surface area contributed by atoms with Crippen molar-refractivity contribution in [2.45, 2.75) is 76.2 Å². The molecule has 0 unspecified atom stereocenters. The molecule has 284 valence electrons. The number of carboxylic acids is 1. The van der Waals surface area contributed by atoms with Gasteiger partial charge in [0.2, 0.25) is 29.5 Å². The molecular weight excluding hydrogens is 684 g/mol. The Balaban J connectivity index is 2.99. The summed E-state index contributed by atoms with van der Waals surface area (Å²) in [6.45, 7) is 3.33. The van der Waals surface area contributed by atoms with E-state index in [-0.39, 0.29) is 56.4 Å². The SMILES string of the molecule is CC(C)[C@H](NC(=O)CNC(=O)[C@@H](N)CCCN=C(N)N)C(=O)N[C@@H](Cc1ccccc1)C(=O)N[C@@H](CS)C(=O)N[C@@H](CCCN=C(N)N)C(=O)O. The number of carbonyl (C=O) groups is 6. The first-order valence-electron chi connectivity index (χ1n) is 16.3. The van der Waals surface area contributed by atoms with Crippen molar-refractivity contribution in [3.8, 4) is 0 Å². The Kier molecular flexibility index (Phi) is 20.1. The van der Waals surface area contributed by atoms with Gasteiger partial charge in [0.1, 0.15) is 24.2 Å². The first kappa shape index (κ1) is 43.9. The summed E-state index contributed by atoms with van der Waals surface area (Å²) in [5, 5.41) is 22.2. The second kappa shape index (κ2) is 23.3. The Hall–Kier alpha value is -5.11. The van der Waals surface area contributed by atoms with E-state index < -0.39 is 78.2 Å². The predicted octanol–water partition coefficient (Wildman–Crippen LogP) is -3.61. The number of carbonyl (C=O) groups excluding carboxylic acids is 5. The van der Waals surface area contributed by atoms with Crippen LogP contribution >= 0.6 is 12.6 Å². The second-order valence-electron chi connectivity index (χ2n) is 11.9. The van der Waals surface area contributed by atoms with Crippen LogP contribution in [0.5, 0.6) is 0 Å². The second-order valence-corrected chi connectivity index (χ2v) is 12.3. The molecule has 0 saturated carbocycles. The Labute approximate surface area is 302 Å². The van der Waals surface area contributed by atoms with E-state index in [0.29, 0.717) is 12.0 Å². The van der Waals surface area contributed by atoms with Crippen molar-refractivity contribution in [3.63, 3.8) is 0 Å². The number of rotatable bonds is 23. The number of carboxylic acid groups (broad SMARTS) is 1. The highest BCUT2D eigenvalue weighted by Gasteiger charge is 2.32. The Morgan fingerprint density at radius 2 is 1.27 bits per heavy atom. The summed E-state index contributed by atoms with van der Waals surface area (Å²) in [6.07, 6.45) is 0.987. The zero-order chi connectivity index (χ0) is 38.5. The zero-order valence-electron chi connectivity index (χ0n) is 28.8. The summed E-state index contributed by atoms with van der Waals surface area (Å²) in [7, 11) is 0. The lowest BCUT2D eigenvalue weighted by molar-refractivity contribution is -0.142. The van der Waals surface area contributed by atoms with E-state index in [2.05, 4.69) is 49.2 Å². The maximum atomic E-state index is 13.6. The van der Waals surface area contributed by atoms with Gasteiger partial charge in [-0.25, -0.2) is 4.79 Å². The van der Waals surface area contributed by atoms with Crippen molar-refractivity contribution >= 4 is 60.1 Å². The minimum Gasteiger partial charge on any atom is -0.480 e. The topological polar surface area (TPSA) is 338 Å². The van der Waals surface area contributed by atoms with Gasteiger partial charge in [-0.1, -0.05) is 44.2 Å². The minimum atomic E-state index is -1.30. The van der Waals surface area contributed by atoms with Gasteiger partial charge in [0, 0.05) is 25.3 Å². The number of nitrogens with zero attached hydrogens (tertiary/aromatic N) is 2. The van der Waals surface area contributed by atoms with Gasteiger partial charge in [0.05, 0.1) is 12.6 Å². The minimum absolute atomic E-state index is 0.0112. The zero-order valence-corrected chi connectivity index (χ0v) is 29.7. The van der Waals surface area contributed by atoms with E-state index in [4.69, 9.17) is 28.7 Å². The molecule has 0 radical (unpaired) electrons. The van der Waals surface area contributed by atoms with Crippen LogP contribution in [0.4, 0.5) is 0 Å². The fraction of sp³-hybridized carbons (Fsp3) is 0.548. The van der Waals surface area contributed by atoms with Crippen molar-refractivity contribution in [1.82, 2.24) is 26.6 Å². The molecular formula is C31H52N12O7S. The molecule has 5 atom stereocenters. The molecule has 0 aliphatic carbocycles. The number of benzene rings is 1. The molecule has 19 nitrogen and oxygen atoms in total. The van der Waals surface area contributed by atoms with E-state index in [1.807, 2.05) is 0 Å². The van der Waals surface area contributed by atoms with Crippen LogP contribution in [0.1, 0.15) is 45.1 Å². The van der Waals surface area contributed by atoms with Gasteiger partial charge in [-0.15, -0.1) is 0 Å². The van der Waals surface area contributed by atoms with Crippen LogP contribution in [-0.4, -0.2) is 108 Å². The van der Waals surface area contributed by atoms with Gasteiger partial charge < -0.3 is 60.4 Å². The first-order valence-corrected chi connectivity index (χ1v) is 16.9. The summed E-state index contributed by atoms with van der Waals surface area (Å²) in [4.78, 5) is 84.6. The fourth-order valence-electron chi connectivity index (χ4n) is 4.53. The summed E-state index contributed by atoms with van der Waals surface area (Å²) in [6, 6.07) is 2.94. The first-order chi connectivity index (χ1) is 24.0. The van der Waals surface area contributed by atoms with Gasteiger partial charge in [-0.3, -0.25) is 34.0 Å². The average molecular weight is 737 g/mol. The van der Waals surface area contributed by atoms with E-state index in [0.717, 1.165) is 0 Å². The van der Waals surface area contributed by atoms with Crippen LogP contribution in [0.3, 0.4) is 0 Å². The predicted molar refractivity (Wildman–Crippen MR) is 195 cm³/mol. The normalized spacial score (nSPS) is 13.7. The van der Waals surface area contributed by atoms with Crippen molar-refractivity contribution in [2.75, 3.05) is 25.4 Å². The molecule has 1 rings (SSSR count). The smallest absolute Gasteiger partial charge is 0.326 e. The van der Waals surface area contributed by atoms with Gasteiger partial charge in [-0.05, 0) is 37.2 Å². The van der Waals surface area contributed by atoms with Crippen molar-refractivity contribution in [1.29, 1.82) is 0 Å². The number of nitrogens with two attached hydrogens (primary N) is 5. The molecule has 16 N–H and O–H groups in total. The van der Waals surface area contributed by atoms with Crippen molar-refractivity contribution in [2.24, 2.45) is 44.6 Å². The maximum Gasteiger partial charge on any atom is 0.326 e. The molecule has 0 aliphatic heterocycles. The van der Waals surface area contributed by atoms with E-state index in [1.54, 1.807) is 44.2 Å². The van der Waals surface area contributed by atoms with Gasteiger partial charge >= 0.3 is 5.97 Å². The standard InChI is InChI=1S/C31H52N12O7S/c1-17(2)24(43-23(44)15-39-25(45)19(32)10-6-12-37-30(33)34)28(48)41-21(14-18-8-4-3-5-9-18)26(46)42-22(16-51)27(47)40-20(29(49)50)11-7-13-38-31(35)36/h3-5,8-9,17,19-22,24,51H,6-7,10-16,32H2,1-2H3,(H,39,45)(H,40,47)(H,41,48)(H,42,46)(H,43,44)(H,49,50)(H4,33,34,37)(H4,35,36,38)/t19-,20-,21-,22-,24-/m0/s1. The Morgan fingerprint density at radius 3 is 1.80 bits per heavy atom. The lowest BCUT2D eigenvalue weighted by Gasteiger charge is -2.27. The number of aliphatic carboxylic acids is 1. The van der Waals surface area contributed by atoms with E-state index >= 15 is 0 Å². The van der Waals surface area contributed by atoms with Crippen molar-refractivity contribution < 1.29 is 33.9 Å². The Bertz CT molecular complexity index is 1370. The Morgan fingerprint density at radius 1 is 0.745 bits per heavy atom. The summed E-state index contributed by atoms with van der Waals surface area (Å²) < 4.78 is 0. The molecule has 0 aromatic heterocycles. The summed E-state index contributed by atoms with van der Waals surface area (Å²) in [5.41, 5.74) is 27.7. The molecule has 0 saturated heterocycles. The lowest BCUT2D eigenvalue weighted by Crippen LogP contribution is -2.59. The maximum absolute atomic E-state index is 13.6. The number of aliphatic imine (C=N–C) groups is 2. The highest BCUT2D eigenvalue weighted by atomic mass is 32.1. The quantitative estimate of drug-likeness (QED) is 0.0224. The molecule has 0 heterocycles. The third-order valence-corrected chi connectivity index (χ3v) is 7.65. The number of amides is 5. The molecule has 0 bridgehead atoms. The third-order valence-electron chi connectivity index (χ3n) is 7.28. The van der Waals surface area contributed by atoms with E-state index in [9.17, 15) is 33.9 Å². The number of hydrogen-bond acceptors (Lipinski definition) is 10. The molecule has 1 aromatic rings. The number of hydrogen-bond donors (Lipinski definition) is 12. The molecule has 51 heavy (non-hydrogen) atoms. The summed E-state index contributed by atoms with van der Waals surface area (Å²) in [5.74, 6) is -5.68. The van der Waals surface area contributed by atoms with Crippen molar-refractivity contribution in [3.05, 3.63) is 35.9 Å². The number of nitrogens with one attached hydrogen (secondary N) is 5. The van der Waals surface area contributed by atoms with Gasteiger partial charge in [0.25, 0.3) is 0 Å². The van der Waals surface area contributed by atoms with Crippen LogP contribution in [0, 0.1) is 5.92 Å². The lowest BCUT2D eigenvalue weighted by atomic mass is 10.0. The van der Waals surface area contributed by atoms with Gasteiger partial charge in [0.15, 0.2) is 11.9 Å². The monoisotopic (exact) mass is 736 g/mol. The van der Waals surface area contributed by atoms with Crippen LogP contribution in [0.15, 0.2) is 40.3 Å². The average Bonchev–Trinajstić information content (AvgIpc) is 3.07. The molecule has 1 aromatic carbocycles. The van der Waals surface area contributed by atoms with Gasteiger partial charge in [-0.2, -0.15) is 12.6 Å². The molecule has 0 fully saturated rings. The van der Waals surface area contributed by atoms with Crippen LogP contribution in [0.25, 0.3) is 0 Å². The van der Waals surface area contributed by atoms with Crippen LogP contribution in [0.2, 0.25) is 0 Å². The number of guanidine groups is 2. The van der Waals surface area contributed by atoms with Crippen LogP contribution in [-0.2, 0) is 35.2 Å². The fourth-order valence-corrected chi connectivity index (χ4v) is 4.79. The summed E-state index contributed by atoms with van der Waals surface area (Å²) >= 11 is 4.17. The van der Waals surface area contributed by atoms with E-state index in [1.165, 1.54) is 0 Å². The highest BCUT2D eigenvalue weighted by molar-refractivity contribution is 7.80. The molecule has 0 spiro atoms. The third kappa shape index (κ3) is 17.9. The molecule has 0 aliphatic rings. The molecule has 20 heteroatoms.